The molecule has 1 heterocycles. The molecule has 0 aliphatic carbocycles. The van der Waals surface area contributed by atoms with E-state index < -0.39 is 15.9 Å². The first kappa shape index (κ1) is 18.7. The molecule has 0 fully saturated rings. The Bertz CT molecular complexity index is 840. The molecule has 0 unspecified atom stereocenters. The maximum Gasteiger partial charge on any atom is 0.252 e. The molecule has 1 aromatic carbocycles. The van der Waals surface area contributed by atoms with Gasteiger partial charge in [0.15, 0.2) is 0 Å². The van der Waals surface area contributed by atoms with Crippen LogP contribution in [-0.2, 0) is 10.0 Å². The van der Waals surface area contributed by atoms with Crippen molar-refractivity contribution in [3.05, 3.63) is 57.8 Å². The number of aromatic nitrogens is 1. The molecule has 0 spiro atoms. The van der Waals surface area contributed by atoms with Gasteiger partial charge in [0.2, 0.25) is 10.0 Å². The lowest BCUT2D eigenvalue weighted by molar-refractivity contribution is 0.0954. The van der Waals surface area contributed by atoms with Gasteiger partial charge in [-0.1, -0.05) is 40.9 Å². The third kappa shape index (κ3) is 4.91. The molecule has 0 saturated heterocycles. The SMILES string of the molecule is Cc1ccc(S(=O)(=O)NCCNC(=O)c2cnc(Cl)c(Cl)c2)cc1. The number of amides is 1. The molecule has 0 atom stereocenters. The average molecular weight is 388 g/mol. The molecule has 0 aliphatic rings. The zero-order valence-electron chi connectivity index (χ0n) is 12.7. The Kier molecular flexibility index (Phi) is 6.17. The van der Waals surface area contributed by atoms with Gasteiger partial charge in [-0.05, 0) is 25.1 Å². The molecule has 9 heteroatoms. The van der Waals surface area contributed by atoms with Gasteiger partial charge in [-0.25, -0.2) is 18.1 Å². The van der Waals surface area contributed by atoms with Crippen LogP contribution in [0.4, 0.5) is 0 Å². The van der Waals surface area contributed by atoms with Crippen LogP contribution in [0.25, 0.3) is 0 Å². The van der Waals surface area contributed by atoms with Crippen molar-refractivity contribution in [1.29, 1.82) is 0 Å². The Morgan fingerprint density at radius 3 is 2.46 bits per heavy atom. The number of halogens is 2. The summed E-state index contributed by atoms with van der Waals surface area (Å²) in [5.74, 6) is -0.421. The van der Waals surface area contributed by atoms with Crippen LogP contribution in [-0.4, -0.2) is 32.4 Å². The molecule has 2 N–H and O–H groups in total. The van der Waals surface area contributed by atoms with Crippen LogP contribution < -0.4 is 10.0 Å². The van der Waals surface area contributed by atoms with E-state index in [1.54, 1.807) is 12.1 Å². The predicted octanol–water partition coefficient (Wildman–Crippen LogP) is 2.41. The molecule has 128 valence electrons. The van der Waals surface area contributed by atoms with Crippen molar-refractivity contribution in [1.82, 2.24) is 15.0 Å². The topological polar surface area (TPSA) is 88.2 Å². The van der Waals surface area contributed by atoms with Crippen molar-refractivity contribution in [2.75, 3.05) is 13.1 Å². The molecular weight excluding hydrogens is 373 g/mol. The molecule has 24 heavy (non-hydrogen) atoms. The molecular formula is C15H15Cl2N3O3S. The van der Waals surface area contributed by atoms with Crippen molar-refractivity contribution in [2.45, 2.75) is 11.8 Å². The lowest BCUT2D eigenvalue weighted by Crippen LogP contribution is -2.34. The molecule has 2 aromatic rings. The van der Waals surface area contributed by atoms with E-state index in [1.807, 2.05) is 6.92 Å². The van der Waals surface area contributed by atoms with E-state index in [2.05, 4.69) is 15.0 Å². The summed E-state index contributed by atoms with van der Waals surface area (Å²) in [7, 11) is -3.60. The number of benzene rings is 1. The highest BCUT2D eigenvalue weighted by molar-refractivity contribution is 7.89. The zero-order chi connectivity index (χ0) is 17.7. The standard InChI is InChI=1S/C15H15Cl2N3O3S/c1-10-2-4-12(5-3-10)24(22,23)20-7-6-18-15(21)11-8-13(16)14(17)19-9-11/h2-5,8-9,20H,6-7H2,1H3,(H,18,21). The molecule has 2 rings (SSSR count). The Hall–Kier alpha value is -1.67. The smallest absolute Gasteiger partial charge is 0.252 e. The minimum absolute atomic E-state index is 0.0523. The highest BCUT2D eigenvalue weighted by Gasteiger charge is 2.13. The van der Waals surface area contributed by atoms with E-state index in [9.17, 15) is 13.2 Å². The second-order valence-electron chi connectivity index (χ2n) is 4.96. The van der Waals surface area contributed by atoms with E-state index in [1.165, 1.54) is 24.4 Å². The number of sulfonamides is 1. The van der Waals surface area contributed by atoms with Gasteiger partial charge >= 0.3 is 0 Å². The van der Waals surface area contributed by atoms with E-state index in [0.29, 0.717) is 0 Å². The molecule has 6 nitrogen and oxygen atoms in total. The Labute approximate surface area is 150 Å². The number of nitrogens with zero attached hydrogens (tertiary/aromatic N) is 1. The highest BCUT2D eigenvalue weighted by atomic mass is 35.5. The largest absolute Gasteiger partial charge is 0.351 e. The van der Waals surface area contributed by atoms with Crippen LogP contribution in [0.3, 0.4) is 0 Å². The van der Waals surface area contributed by atoms with Crippen molar-refractivity contribution in [3.8, 4) is 0 Å². The number of nitrogens with one attached hydrogen (secondary N) is 2. The van der Waals surface area contributed by atoms with E-state index in [4.69, 9.17) is 23.2 Å². The number of hydrogen-bond acceptors (Lipinski definition) is 4. The maximum atomic E-state index is 12.1. The van der Waals surface area contributed by atoms with Gasteiger partial charge in [0.25, 0.3) is 5.91 Å². The highest BCUT2D eigenvalue weighted by Crippen LogP contribution is 2.19. The maximum absolute atomic E-state index is 12.1. The van der Waals surface area contributed by atoms with Crippen molar-refractivity contribution in [2.24, 2.45) is 0 Å². The first-order valence-corrected chi connectivity index (χ1v) is 9.19. The first-order valence-electron chi connectivity index (χ1n) is 6.95. The quantitative estimate of drug-likeness (QED) is 0.588. The molecule has 1 amide bonds. The van der Waals surface area contributed by atoms with Gasteiger partial charge in [0.1, 0.15) is 5.15 Å². The van der Waals surface area contributed by atoms with Gasteiger partial charge in [0.05, 0.1) is 15.5 Å². The van der Waals surface area contributed by atoms with Gasteiger partial charge < -0.3 is 5.32 Å². The van der Waals surface area contributed by atoms with Crippen molar-refractivity contribution < 1.29 is 13.2 Å². The molecule has 0 aliphatic heterocycles. The van der Waals surface area contributed by atoms with E-state index >= 15 is 0 Å². The number of pyridine rings is 1. The van der Waals surface area contributed by atoms with Crippen LogP contribution in [0.1, 0.15) is 15.9 Å². The van der Waals surface area contributed by atoms with E-state index in [-0.39, 0.29) is 33.7 Å². The minimum Gasteiger partial charge on any atom is -0.351 e. The molecule has 0 saturated carbocycles. The second-order valence-corrected chi connectivity index (χ2v) is 7.50. The predicted molar refractivity (Wildman–Crippen MR) is 93.0 cm³/mol. The lowest BCUT2D eigenvalue weighted by atomic mass is 10.2. The number of rotatable bonds is 6. The molecule has 0 radical (unpaired) electrons. The van der Waals surface area contributed by atoms with Crippen LogP contribution >= 0.6 is 23.2 Å². The first-order chi connectivity index (χ1) is 11.3. The summed E-state index contributed by atoms with van der Waals surface area (Å²) in [5.41, 5.74) is 1.21. The Morgan fingerprint density at radius 1 is 1.17 bits per heavy atom. The number of carbonyl (C=O) groups excluding carboxylic acids is 1. The van der Waals surface area contributed by atoms with Gasteiger partial charge in [-0.2, -0.15) is 0 Å². The van der Waals surface area contributed by atoms with Crippen LogP contribution in [0.15, 0.2) is 41.4 Å². The second kappa shape index (κ2) is 7.94. The fraction of sp³-hybridized carbons (Fsp3) is 0.200. The third-order valence-electron chi connectivity index (χ3n) is 3.09. The number of hydrogen-bond donors (Lipinski definition) is 2. The fourth-order valence-electron chi connectivity index (χ4n) is 1.81. The van der Waals surface area contributed by atoms with Gasteiger partial charge in [-0.3, -0.25) is 4.79 Å². The monoisotopic (exact) mass is 387 g/mol. The van der Waals surface area contributed by atoms with Crippen LogP contribution in [0.2, 0.25) is 10.2 Å². The fourth-order valence-corrected chi connectivity index (χ4v) is 3.11. The minimum atomic E-state index is -3.60. The summed E-state index contributed by atoms with van der Waals surface area (Å²) in [6.45, 7) is 2.04. The Balaban J connectivity index is 1.86. The molecule has 1 aromatic heterocycles. The summed E-state index contributed by atoms with van der Waals surface area (Å²) in [6.07, 6.45) is 1.29. The summed E-state index contributed by atoms with van der Waals surface area (Å²) >= 11 is 11.5. The Morgan fingerprint density at radius 2 is 1.83 bits per heavy atom. The van der Waals surface area contributed by atoms with Gasteiger partial charge in [-0.15, -0.1) is 0 Å². The van der Waals surface area contributed by atoms with Crippen LogP contribution in [0.5, 0.6) is 0 Å². The summed E-state index contributed by atoms with van der Waals surface area (Å²) in [6, 6.07) is 7.87. The average Bonchev–Trinajstić information content (AvgIpc) is 2.54. The summed E-state index contributed by atoms with van der Waals surface area (Å²) in [5, 5.41) is 2.85. The zero-order valence-corrected chi connectivity index (χ0v) is 15.0. The summed E-state index contributed by atoms with van der Waals surface area (Å²) in [4.78, 5) is 15.9. The normalized spacial score (nSPS) is 11.3. The van der Waals surface area contributed by atoms with Crippen molar-refractivity contribution in [3.63, 3.8) is 0 Å². The summed E-state index contributed by atoms with van der Waals surface area (Å²) < 4.78 is 26.6. The van der Waals surface area contributed by atoms with Crippen LogP contribution in [0, 0.1) is 6.92 Å². The molecule has 0 bridgehead atoms. The number of carbonyl (C=O) groups is 1. The number of aryl methyl sites for hydroxylation is 1. The lowest BCUT2D eigenvalue weighted by Gasteiger charge is -2.08. The van der Waals surface area contributed by atoms with E-state index in [0.717, 1.165) is 5.56 Å². The third-order valence-corrected chi connectivity index (χ3v) is 5.26. The van der Waals surface area contributed by atoms with Crippen molar-refractivity contribution >= 4 is 39.1 Å². The van der Waals surface area contributed by atoms with Gasteiger partial charge in [0, 0.05) is 19.3 Å².